The molecule has 0 atom stereocenters. The number of aromatic amines is 1. The van der Waals surface area contributed by atoms with Gasteiger partial charge in [-0.05, 0) is 44.9 Å². The summed E-state index contributed by atoms with van der Waals surface area (Å²) in [5.41, 5.74) is 0.974. The summed E-state index contributed by atoms with van der Waals surface area (Å²) in [6.07, 6.45) is 3.83. The molecule has 0 saturated heterocycles. The lowest BCUT2D eigenvalue weighted by Crippen LogP contribution is -2.17. The number of rotatable bonds is 9. The number of nitrogens with one attached hydrogen (secondary N) is 1. The fraction of sp³-hybridized carbons (Fsp3) is 0.476. The third-order valence-electron chi connectivity index (χ3n) is 5.13. The zero-order valence-electron chi connectivity index (χ0n) is 18.1. The van der Waals surface area contributed by atoms with E-state index in [4.69, 9.17) is 15.4 Å². The third-order valence-corrected chi connectivity index (χ3v) is 6.48. The second-order valence-corrected chi connectivity index (χ2v) is 9.99. The van der Waals surface area contributed by atoms with Gasteiger partial charge in [-0.25, -0.2) is 17.9 Å². The highest BCUT2D eigenvalue weighted by Gasteiger charge is 2.23. The molecule has 0 fully saturated rings. The number of fused-ring (bicyclic) bond motifs is 1. The molecule has 0 spiro atoms. The summed E-state index contributed by atoms with van der Waals surface area (Å²) >= 11 is 0. The van der Waals surface area contributed by atoms with Crippen molar-refractivity contribution in [2.24, 2.45) is 0 Å². The number of ether oxygens (including phenoxy) is 1. The molecule has 0 bridgehead atoms. The molecule has 1 aromatic carbocycles. The quantitative estimate of drug-likeness (QED) is 0.468. The Morgan fingerprint density at radius 3 is 2.45 bits per heavy atom. The maximum Gasteiger partial charge on any atom is 0.277 e. The molecule has 0 aliphatic heterocycles. The van der Waals surface area contributed by atoms with E-state index in [-0.39, 0.29) is 22.2 Å². The molecule has 0 aliphatic rings. The predicted octanol–water partition coefficient (Wildman–Crippen LogP) is 4.40. The van der Waals surface area contributed by atoms with Crippen LogP contribution in [-0.4, -0.2) is 34.6 Å². The Hall–Kier alpha value is -2.39. The van der Waals surface area contributed by atoms with Crippen molar-refractivity contribution in [3.05, 3.63) is 40.1 Å². The average Bonchev–Trinajstić information content (AvgIpc) is 3.04. The van der Waals surface area contributed by atoms with E-state index in [1.807, 2.05) is 6.92 Å². The van der Waals surface area contributed by atoms with E-state index < -0.39 is 9.05 Å². The first-order valence-electron chi connectivity index (χ1n) is 10.4. The molecule has 0 saturated carbocycles. The fourth-order valence-electron chi connectivity index (χ4n) is 3.81. The van der Waals surface area contributed by atoms with Gasteiger partial charge in [-0.15, -0.1) is 5.10 Å². The number of aryl methyl sites for hydroxylation is 1. The molecule has 31 heavy (non-hydrogen) atoms. The Balaban J connectivity index is 2.29. The van der Waals surface area contributed by atoms with E-state index in [2.05, 4.69) is 28.9 Å². The Labute approximate surface area is 186 Å². The highest BCUT2D eigenvalue weighted by atomic mass is 35.7. The largest absolute Gasteiger partial charge is 0.493 e. The van der Waals surface area contributed by atoms with Crippen LogP contribution in [0, 0.1) is 6.92 Å². The molecule has 8 nitrogen and oxygen atoms in total. The fourth-order valence-corrected chi connectivity index (χ4v) is 4.58. The first-order valence-corrected chi connectivity index (χ1v) is 12.7. The summed E-state index contributed by atoms with van der Waals surface area (Å²) in [5, 5.41) is 4.66. The lowest BCUT2D eigenvalue weighted by Gasteiger charge is -2.14. The SMILES string of the molecule is CCCC(CCC)c1nc(C)c2c(=O)[nH]c(-c3cc(S(=O)(=O)Cl)ccc3OCC)nn12. The van der Waals surface area contributed by atoms with Crippen LogP contribution in [0.1, 0.15) is 63.9 Å². The monoisotopic (exact) mass is 466 g/mol. The van der Waals surface area contributed by atoms with Crippen molar-refractivity contribution < 1.29 is 13.2 Å². The average molecular weight is 467 g/mol. The number of nitrogens with zero attached hydrogens (tertiary/aromatic N) is 3. The molecule has 0 unspecified atom stereocenters. The molecule has 1 N–H and O–H groups in total. The molecular weight excluding hydrogens is 440 g/mol. The minimum absolute atomic E-state index is 0.104. The summed E-state index contributed by atoms with van der Waals surface area (Å²) in [6.45, 7) is 8.19. The van der Waals surface area contributed by atoms with Crippen molar-refractivity contribution in [3.63, 3.8) is 0 Å². The van der Waals surface area contributed by atoms with Crippen LogP contribution < -0.4 is 10.3 Å². The van der Waals surface area contributed by atoms with Crippen molar-refractivity contribution in [3.8, 4) is 17.1 Å². The zero-order valence-corrected chi connectivity index (χ0v) is 19.7. The van der Waals surface area contributed by atoms with E-state index in [0.717, 1.165) is 31.5 Å². The molecule has 0 amide bonds. The Kier molecular flexibility index (Phi) is 7.06. The number of hydrogen-bond acceptors (Lipinski definition) is 6. The van der Waals surface area contributed by atoms with Crippen molar-refractivity contribution in [2.75, 3.05) is 6.61 Å². The van der Waals surface area contributed by atoms with Crippen molar-refractivity contribution in [1.82, 2.24) is 19.6 Å². The summed E-state index contributed by atoms with van der Waals surface area (Å²) in [7, 11) is 1.57. The van der Waals surface area contributed by atoms with Gasteiger partial charge in [0, 0.05) is 16.6 Å². The first kappa shape index (κ1) is 23.3. The van der Waals surface area contributed by atoms with E-state index >= 15 is 0 Å². The highest BCUT2D eigenvalue weighted by molar-refractivity contribution is 8.13. The number of benzene rings is 1. The van der Waals surface area contributed by atoms with Gasteiger partial charge in [0.1, 0.15) is 11.6 Å². The summed E-state index contributed by atoms with van der Waals surface area (Å²) < 4.78 is 31.0. The van der Waals surface area contributed by atoms with Crippen LogP contribution in [0.4, 0.5) is 0 Å². The van der Waals surface area contributed by atoms with Gasteiger partial charge in [-0.3, -0.25) is 4.79 Å². The first-order chi connectivity index (χ1) is 14.7. The van der Waals surface area contributed by atoms with E-state index in [1.165, 1.54) is 18.2 Å². The normalized spacial score (nSPS) is 12.1. The van der Waals surface area contributed by atoms with Crippen LogP contribution in [0.5, 0.6) is 5.75 Å². The molecule has 10 heteroatoms. The van der Waals surface area contributed by atoms with E-state index in [0.29, 0.717) is 29.1 Å². The minimum Gasteiger partial charge on any atom is -0.493 e. The predicted molar refractivity (Wildman–Crippen MR) is 121 cm³/mol. The zero-order chi connectivity index (χ0) is 22.8. The Morgan fingerprint density at radius 2 is 1.87 bits per heavy atom. The summed E-state index contributed by atoms with van der Waals surface area (Å²) in [6, 6.07) is 4.23. The van der Waals surface area contributed by atoms with Gasteiger partial charge in [0.05, 0.1) is 22.8 Å². The summed E-state index contributed by atoms with van der Waals surface area (Å²) in [4.78, 5) is 20.3. The maximum atomic E-state index is 13.0. The topological polar surface area (TPSA) is 106 Å². The van der Waals surface area contributed by atoms with Crippen LogP contribution in [0.3, 0.4) is 0 Å². The molecule has 3 rings (SSSR count). The van der Waals surface area contributed by atoms with Crippen molar-refractivity contribution >= 4 is 25.2 Å². The van der Waals surface area contributed by atoms with Gasteiger partial charge >= 0.3 is 0 Å². The lowest BCUT2D eigenvalue weighted by atomic mass is 9.98. The van der Waals surface area contributed by atoms with Crippen LogP contribution >= 0.6 is 10.7 Å². The number of imidazole rings is 1. The van der Waals surface area contributed by atoms with Crippen LogP contribution in [-0.2, 0) is 9.05 Å². The van der Waals surface area contributed by atoms with Gasteiger partial charge in [-0.2, -0.15) is 0 Å². The smallest absolute Gasteiger partial charge is 0.277 e. The molecule has 3 aromatic rings. The minimum atomic E-state index is -3.97. The molecule has 168 valence electrons. The van der Waals surface area contributed by atoms with Gasteiger partial charge in [-0.1, -0.05) is 26.7 Å². The highest BCUT2D eigenvalue weighted by Crippen LogP contribution is 2.32. The molecule has 0 radical (unpaired) electrons. The molecule has 2 aromatic heterocycles. The van der Waals surface area contributed by atoms with Crippen LogP contribution in [0.15, 0.2) is 27.9 Å². The van der Waals surface area contributed by atoms with E-state index in [9.17, 15) is 13.2 Å². The molecule has 0 aliphatic carbocycles. The molecule has 2 heterocycles. The Bertz CT molecular complexity index is 1240. The van der Waals surface area contributed by atoms with Gasteiger partial charge in [0.15, 0.2) is 11.3 Å². The number of halogens is 1. The number of aromatic nitrogens is 4. The Morgan fingerprint density at radius 1 is 1.19 bits per heavy atom. The van der Waals surface area contributed by atoms with Crippen LogP contribution in [0.25, 0.3) is 16.9 Å². The van der Waals surface area contributed by atoms with Gasteiger partial charge < -0.3 is 9.72 Å². The van der Waals surface area contributed by atoms with E-state index in [1.54, 1.807) is 11.4 Å². The summed E-state index contributed by atoms with van der Waals surface area (Å²) in [5.74, 6) is 1.49. The lowest BCUT2D eigenvalue weighted by molar-refractivity contribution is 0.341. The van der Waals surface area contributed by atoms with Crippen LogP contribution in [0.2, 0.25) is 0 Å². The van der Waals surface area contributed by atoms with Crippen molar-refractivity contribution in [1.29, 1.82) is 0 Å². The second-order valence-electron chi connectivity index (χ2n) is 7.42. The second kappa shape index (κ2) is 9.40. The molecular formula is C21H27ClN4O4S. The maximum absolute atomic E-state index is 13.0. The van der Waals surface area contributed by atoms with Crippen molar-refractivity contribution in [2.45, 2.75) is 64.2 Å². The van der Waals surface area contributed by atoms with Gasteiger partial charge in [0.2, 0.25) is 0 Å². The number of hydrogen-bond donors (Lipinski definition) is 1. The third kappa shape index (κ3) is 4.77. The number of H-pyrrole nitrogens is 1. The standard InChI is InChI=1S/C21H27ClN4O4S/c1-5-8-14(9-6-2)20-23-13(4)18-21(27)24-19(25-26(18)20)16-12-15(31(22,28)29)10-11-17(16)30-7-3/h10-12,14H,5-9H2,1-4H3,(H,24,25,27). The van der Waals surface area contributed by atoms with Gasteiger partial charge in [0.25, 0.3) is 14.6 Å².